The van der Waals surface area contributed by atoms with Crippen molar-refractivity contribution in [2.24, 2.45) is 4.99 Å². The summed E-state index contributed by atoms with van der Waals surface area (Å²) in [6, 6.07) is 21.1. The van der Waals surface area contributed by atoms with Crippen molar-refractivity contribution in [1.29, 1.82) is 0 Å². The van der Waals surface area contributed by atoms with Gasteiger partial charge in [-0.3, -0.25) is 28.3 Å². The molecule has 0 amide bonds. The van der Waals surface area contributed by atoms with Crippen LogP contribution >= 0.6 is 0 Å². The average molecular weight is 604 g/mol. The van der Waals surface area contributed by atoms with Crippen molar-refractivity contribution in [2.45, 2.75) is 25.9 Å². The summed E-state index contributed by atoms with van der Waals surface area (Å²) in [6.07, 6.45) is 0. The molecule has 1 aliphatic heterocycles. The molecule has 108 valence electrons. The summed E-state index contributed by atoms with van der Waals surface area (Å²) < 4.78 is 0. The first-order valence-electron chi connectivity index (χ1n) is 6.54. The van der Waals surface area contributed by atoms with Crippen molar-refractivity contribution in [1.82, 2.24) is 5.32 Å². The van der Waals surface area contributed by atoms with Gasteiger partial charge in [0, 0.05) is 142 Å². The van der Waals surface area contributed by atoms with Gasteiger partial charge in [-0.2, -0.15) is 0 Å². The van der Waals surface area contributed by atoms with Crippen molar-refractivity contribution < 1.29 is 131 Å². The van der Waals surface area contributed by atoms with Crippen LogP contribution in [0.15, 0.2) is 47.5 Å². The van der Waals surface area contributed by atoms with Crippen LogP contribution in [0.1, 0.15) is 29.7 Å². The third-order valence-corrected chi connectivity index (χ3v) is 3.37. The van der Waals surface area contributed by atoms with E-state index in [1.54, 1.807) is 0 Å². The van der Waals surface area contributed by atoms with Crippen LogP contribution in [0, 0.1) is 19.1 Å². The fourth-order valence-corrected chi connectivity index (χ4v) is 2.40. The van der Waals surface area contributed by atoms with Crippen molar-refractivity contribution in [3.8, 4) is 0 Å². The quantitative estimate of drug-likeness (QED) is 0.525. The Kier molecular flexibility index (Phi) is 16.2. The summed E-state index contributed by atoms with van der Waals surface area (Å²) in [5.41, 5.74) is 3.30. The minimum atomic E-state index is 0. The first-order chi connectivity index (χ1) is 9.24. The Labute approximate surface area is 239 Å². The van der Waals surface area contributed by atoms with E-state index in [4.69, 9.17) is 4.99 Å². The summed E-state index contributed by atoms with van der Waals surface area (Å²) >= 11 is 0. The number of aryl methyl sites for hydroxylation is 1. The molecule has 0 bridgehead atoms. The predicted molar refractivity (Wildman–Crippen MR) is 77.2 cm³/mol. The zero-order valence-corrected chi connectivity index (χ0v) is 24.8. The van der Waals surface area contributed by atoms with E-state index in [0.29, 0.717) is 0 Å². The molecular weight excluding hydrogens is 588 g/mol. The van der Waals surface area contributed by atoms with Crippen molar-refractivity contribution in [2.75, 3.05) is 0 Å². The SMILES string of the molecule is Cc1[c-]ccc([C@H]2N=C(c3ccccc3)N[C@H]2C)[c-]1.[Y].[Y].[Y].[Y]. The number of amidine groups is 1. The van der Waals surface area contributed by atoms with E-state index in [-0.39, 0.29) is 143 Å². The summed E-state index contributed by atoms with van der Waals surface area (Å²) in [4.78, 5) is 4.81. The molecule has 0 spiro atoms. The predicted octanol–water partition coefficient (Wildman–Crippen LogP) is 3.07. The zero-order chi connectivity index (χ0) is 13.2. The molecule has 0 unspecified atom stereocenters. The molecule has 0 aromatic heterocycles. The van der Waals surface area contributed by atoms with Gasteiger partial charge in [-0.25, -0.2) is 0 Å². The summed E-state index contributed by atoms with van der Waals surface area (Å²) in [5, 5.41) is 3.46. The molecule has 0 saturated carbocycles. The first-order valence-corrected chi connectivity index (χ1v) is 6.54. The largest absolute Gasteiger partial charge is 0.365 e. The van der Waals surface area contributed by atoms with Crippen LogP contribution in [0.5, 0.6) is 0 Å². The summed E-state index contributed by atoms with van der Waals surface area (Å²) in [7, 11) is 0. The average Bonchev–Trinajstić information content (AvgIpc) is 2.82. The second-order valence-corrected chi connectivity index (χ2v) is 4.90. The number of hydrogen-bond donors (Lipinski definition) is 1. The van der Waals surface area contributed by atoms with Crippen LogP contribution < -0.4 is 5.32 Å². The zero-order valence-electron chi connectivity index (χ0n) is 13.5. The molecule has 2 aromatic rings. The molecule has 6 heteroatoms. The molecule has 0 aliphatic carbocycles. The van der Waals surface area contributed by atoms with Gasteiger partial charge in [-0.1, -0.05) is 37.3 Å². The maximum absolute atomic E-state index is 4.81. The maximum Gasteiger partial charge on any atom is 0.129 e. The Morgan fingerprint density at radius 3 is 2.26 bits per heavy atom. The van der Waals surface area contributed by atoms with E-state index in [0.717, 1.165) is 22.5 Å². The molecule has 3 rings (SSSR count). The Balaban J connectivity index is 0. The molecule has 1 heterocycles. The Morgan fingerprint density at radius 1 is 1.00 bits per heavy atom. The Hall–Kier alpha value is 2.33. The van der Waals surface area contributed by atoms with Crippen molar-refractivity contribution in [3.63, 3.8) is 0 Å². The number of aliphatic imine (C=N–C) groups is 1. The van der Waals surface area contributed by atoms with E-state index in [9.17, 15) is 0 Å². The van der Waals surface area contributed by atoms with Crippen LogP contribution in [0.25, 0.3) is 0 Å². The van der Waals surface area contributed by atoms with Gasteiger partial charge in [0.2, 0.25) is 0 Å². The number of benzene rings is 2. The van der Waals surface area contributed by atoms with E-state index >= 15 is 0 Å². The van der Waals surface area contributed by atoms with Crippen molar-refractivity contribution in [3.05, 3.63) is 71.3 Å². The smallest absolute Gasteiger partial charge is 0.129 e. The van der Waals surface area contributed by atoms with Crippen LogP contribution in [0.3, 0.4) is 0 Å². The van der Waals surface area contributed by atoms with Crippen LogP contribution in [0.2, 0.25) is 0 Å². The van der Waals surface area contributed by atoms with Crippen LogP contribution in [0.4, 0.5) is 0 Å². The van der Waals surface area contributed by atoms with Gasteiger partial charge < -0.3 is 17.4 Å². The van der Waals surface area contributed by atoms with E-state index in [2.05, 4.69) is 36.5 Å². The monoisotopic (exact) mass is 604 g/mol. The topological polar surface area (TPSA) is 24.4 Å². The minimum Gasteiger partial charge on any atom is -0.365 e. The normalized spacial score (nSPS) is 18.1. The van der Waals surface area contributed by atoms with Gasteiger partial charge in [-0.05, 0) is 6.92 Å². The van der Waals surface area contributed by atoms with Gasteiger partial charge >= 0.3 is 0 Å². The molecule has 2 aromatic carbocycles. The Bertz CT molecular complexity index is 617. The molecular formula is C17H16N2Y4-2. The fourth-order valence-electron chi connectivity index (χ4n) is 2.40. The molecule has 1 N–H and O–H groups in total. The van der Waals surface area contributed by atoms with E-state index < -0.39 is 0 Å². The molecule has 4 radical (unpaired) electrons. The minimum absolute atomic E-state index is 0. The second-order valence-electron chi connectivity index (χ2n) is 4.90. The molecule has 0 saturated heterocycles. The third kappa shape index (κ3) is 7.46. The molecule has 1 aliphatic rings. The van der Waals surface area contributed by atoms with E-state index in [1.807, 2.05) is 37.3 Å². The summed E-state index contributed by atoms with van der Waals surface area (Å²) in [6.45, 7) is 4.17. The Morgan fingerprint density at radius 2 is 1.65 bits per heavy atom. The molecule has 2 atom stereocenters. The van der Waals surface area contributed by atoms with Gasteiger partial charge in [0.15, 0.2) is 0 Å². The van der Waals surface area contributed by atoms with Gasteiger partial charge in [0.05, 0.1) is 6.04 Å². The number of nitrogens with zero attached hydrogens (tertiary/aromatic N) is 1. The third-order valence-electron chi connectivity index (χ3n) is 3.37. The van der Waals surface area contributed by atoms with Gasteiger partial charge in [0.1, 0.15) is 5.84 Å². The first kappa shape index (κ1) is 27.5. The molecule has 0 fully saturated rings. The standard InChI is InChI=1S/C17H16N2.4Y/c1-12-7-6-10-15(11-12)16-13(2)18-17(19-16)14-8-4-3-5-9-14;;;;/h3-6,8-10,13,16H,1-2H3,(H,18,19);;;;/q-2;;;;/t13-,16-;;;;/m0..../s1. The number of rotatable bonds is 2. The maximum atomic E-state index is 4.81. The fraction of sp³-hybridized carbons (Fsp3) is 0.235. The molecule has 2 nitrogen and oxygen atoms in total. The van der Waals surface area contributed by atoms with Crippen LogP contribution in [-0.4, -0.2) is 11.9 Å². The number of nitrogens with one attached hydrogen (secondary N) is 1. The van der Waals surface area contributed by atoms with Gasteiger partial charge in [-0.15, -0.1) is 0 Å². The second kappa shape index (κ2) is 13.5. The summed E-state index contributed by atoms with van der Waals surface area (Å²) in [5.74, 6) is 0.969. The molecule has 23 heavy (non-hydrogen) atoms. The van der Waals surface area contributed by atoms with E-state index in [1.165, 1.54) is 0 Å². The van der Waals surface area contributed by atoms with Crippen LogP contribution in [-0.2, 0) is 131 Å². The van der Waals surface area contributed by atoms with Crippen molar-refractivity contribution >= 4 is 5.84 Å². The van der Waals surface area contributed by atoms with Gasteiger partial charge in [0.25, 0.3) is 0 Å². The number of hydrogen-bond acceptors (Lipinski definition) is 2.